The lowest BCUT2D eigenvalue weighted by atomic mass is 9.65. The number of hydrogen-bond acceptors (Lipinski definition) is 5. The van der Waals surface area contributed by atoms with Crippen molar-refractivity contribution < 1.29 is 23.1 Å². The zero-order valence-corrected chi connectivity index (χ0v) is 12.9. The number of aromatic amines is 1. The van der Waals surface area contributed by atoms with Crippen molar-refractivity contribution in [1.29, 1.82) is 0 Å². The van der Waals surface area contributed by atoms with Crippen LogP contribution in [-0.4, -0.2) is 48.4 Å². The molecule has 0 spiro atoms. The Bertz CT molecular complexity index is 637. The smallest absolute Gasteiger partial charge is 0.340 e. The van der Waals surface area contributed by atoms with Crippen LogP contribution in [0.15, 0.2) is 11.2 Å². The van der Waals surface area contributed by atoms with E-state index in [9.17, 15) is 13.2 Å². The van der Waals surface area contributed by atoms with Gasteiger partial charge >= 0.3 is 5.97 Å². The third kappa shape index (κ3) is 2.81. The lowest BCUT2D eigenvalue weighted by Crippen LogP contribution is -2.62. The quantitative estimate of drug-likeness (QED) is 0.706. The average molecular weight is 317 g/mol. The first-order valence-corrected chi connectivity index (χ1v) is 8.09. The zero-order valence-electron chi connectivity index (χ0n) is 12.1. The van der Waals surface area contributed by atoms with Gasteiger partial charge in [-0.25, -0.2) is 17.9 Å². The van der Waals surface area contributed by atoms with E-state index in [2.05, 4.69) is 14.9 Å². The SMILES string of the molecule is CCOC1CC(NS(=O)(=O)c2[nH]ncc2C(=O)O)C1(C)C. The van der Waals surface area contributed by atoms with Crippen LogP contribution in [-0.2, 0) is 14.8 Å². The topological polar surface area (TPSA) is 121 Å². The first kappa shape index (κ1) is 15.9. The second-order valence-electron chi connectivity index (χ2n) is 5.59. The van der Waals surface area contributed by atoms with Crippen molar-refractivity contribution in [3.05, 3.63) is 11.8 Å². The number of carboxylic acids is 1. The molecule has 1 fully saturated rings. The summed E-state index contributed by atoms with van der Waals surface area (Å²) in [6, 6.07) is -0.316. The highest BCUT2D eigenvalue weighted by molar-refractivity contribution is 7.89. The minimum Gasteiger partial charge on any atom is -0.478 e. The first-order valence-electron chi connectivity index (χ1n) is 6.60. The highest BCUT2D eigenvalue weighted by Crippen LogP contribution is 2.43. The molecule has 1 heterocycles. The first-order chi connectivity index (χ1) is 9.70. The minimum absolute atomic E-state index is 0.0177. The van der Waals surface area contributed by atoms with Crippen molar-refractivity contribution in [2.45, 2.75) is 44.4 Å². The summed E-state index contributed by atoms with van der Waals surface area (Å²) in [6.07, 6.45) is 1.51. The molecule has 0 amide bonds. The Morgan fingerprint density at radius 3 is 2.81 bits per heavy atom. The van der Waals surface area contributed by atoms with E-state index >= 15 is 0 Å². The molecule has 0 radical (unpaired) electrons. The molecule has 1 aliphatic carbocycles. The predicted molar refractivity (Wildman–Crippen MR) is 73.5 cm³/mol. The molecule has 9 heteroatoms. The second kappa shape index (κ2) is 5.39. The van der Waals surface area contributed by atoms with Crippen molar-refractivity contribution in [3.8, 4) is 0 Å². The largest absolute Gasteiger partial charge is 0.478 e. The molecule has 118 valence electrons. The molecule has 21 heavy (non-hydrogen) atoms. The van der Waals surface area contributed by atoms with Crippen molar-refractivity contribution in [1.82, 2.24) is 14.9 Å². The number of rotatable bonds is 6. The Hall–Kier alpha value is -1.45. The third-order valence-electron chi connectivity index (χ3n) is 3.95. The second-order valence-corrected chi connectivity index (χ2v) is 7.24. The summed E-state index contributed by atoms with van der Waals surface area (Å²) >= 11 is 0. The summed E-state index contributed by atoms with van der Waals surface area (Å²) in [5.41, 5.74) is -0.729. The maximum atomic E-state index is 12.3. The van der Waals surface area contributed by atoms with E-state index in [1.165, 1.54) is 0 Å². The Morgan fingerprint density at radius 1 is 1.62 bits per heavy atom. The van der Waals surface area contributed by atoms with E-state index in [0.29, 0.717) is 13.0 Å². The highest BCUT2D eigenvalue weighted by atomic mass is 32.2. The number of hydrogen-bond donors (Lipinski definition) is 3. The van der Waals surface area contributed by atoms with Crippen LogP contribution in [0.4, 0.5) is 0 Å². The fourth-order valence-electron chi connectivity index (χ4n) is 2.45. The van der Waals surface area contributed by atoms with Gasteiger partial charge in [0.15, 0.2) is 5.03 Å². The van der Waals surface area contributed by atoms with Crippen molar-refractivity contribution in [3.63, 3.8) is 0 Å². The predicted octanol–water partition coefficient (Wildman–Crippen LogP) is 0.590. The molecule has 2 atom stereocenters. The number of aromatic nitrogens is 2. The Labute approximate surface area is 122 Å². The maximum absolute atomic E-state index is 12.3. The number of ether oxygens (including phenoxy) is 1. The van der Waals surface area contributed by atoms with Crippen LogP contribution in [0.3, 0.4) is 0 Å². The summed E-state index contributed by atoms with van der Waals surface area (Å²) in [5.74, 6) is -1.34. The molecular formula is C12H19N3O5S. The van der Waals surface area contributed by atoms with Gasteiger partial charge in [0, 0.05) is 18.1 Å². The van der Waals surface area contributed by atoms with Crippen LogP contribution in [0.2, 0.25) is 0 Å². The molecule has 0 aromatic carbocycles. The molecule has 2 rings (SSSR count). The van der Waals surface area contributed by atoms with Gasteiger partial charge in [0.2, 0.25) is 0 Å². The number of carbonyl (C=O) groups is 1. The van der Waals surface area contributed by atoms with E-state index in [-0.39, 0.29) is 23.1 Å². The van der Waals surface area contributed by atoms with E-state index in [1.54, 1.807) is 0 Å². The Balaban J connectivity index is 2.16. The van der Waals surface area contributed by atoms with Crippen LogP contribution < -0.4 is 4.72 Å². The number of H-pyrrole nitrogens is 1. The van der Waals surface area contributed by atoms with Gasteiger partial charge in [-0.05, 0) is 13.3 Å². The lowest BCUT2D eigenvalue weighted by Gasteiger charge is -2.51. The van der Waals surface area contributed by atoms with Gasteiger partial charge in [-0.2, -0.15) is 5.10 Å². The summed E-state index contributed by atoms with van der Waals surface area (Å²) < 4.78 is 32.6. The van der Waals surface area contributed by atoms with Crippen LogP contribution in [0.1, 0.15) is 37.6 Å². The molecule has 0 saturated heterocycles. The monoisotopic (exact) mass is 317 g/mol. The summed E-state index contributed by atoms with van der Waals surface area (Å²) in [7, 11) is -3.97. The van der Waals surface area contributed by atoms with Gasteiger partial charge in [-0.1, -0.05) is 13.8 Å². The standard InChI is InChI=1S/C12H19N3O5S/c1-4-20-9-5-8(12(9,2)3)15-21(18,19)10-7(11(16)17)6-13-14-10/h6,8-9,15H,4-5H2,1-3H3,(H,13,14)(H,16,17). The fourth-order valence-corrected chi connectivity index (χ4v) is 3.94. The molecule has 1 aromatic heterocycles. The van der Waals surface area contributed by atoms with E-state index in [4.69, 9.17) is 9.84 Å². The van der Waals surface area contributed by atoms with Gasteiger partial charge in [0.25, 0.3) is 10.0 Å². The molecule has 0 bridgehead atoms. The van der Waals surface area contributed by atoms with Gasteiger partial charge in [0.05, 0.1) is 12.3 Å². The van der Waals surface area contributed by atoms with Gasteiger partial charge < -0.3 is 9.84 Å². The summed E-state index contributed by atoms with van der Waals surface area (Å²) in [5, 5.41) is 14.3. The van der Waals surface area contributed by atoms with Crippen LogP contribution in [0.5, 0.6) is 0 Å². The zero-order chi connectivity index (χ0) is 15.8. The molecular weight excluding hydrogens is 298 g/mol. The maximum Gasteiger partial charge on any atom is 0.340 e. The fraction of sp³-hybridized carbons (Fsp3) is 0.667. The molecule has 1 aromatic rings. The highest BCUT2D eigenvalue weighted by Gasteiger charge is 2.50. The molecule has 0 aliphatic heterocycles. The van der Waals surface area contributed by atoms with E-state index < -0.39 is 21.0 Å². The molecule has 1 aliphatic rings. The Morgan fingerprint density at radius 2 is 2.29 bits per heavy atom. The normalized spacial score (nSPS) is 24.5. The number of aromatic carboxylic acids is 1. The van der Waals surface area contributed by atoms with Crippen molar-refractivity contribution >= 4 is 16.0 Å². The van der Waals surface area contributed by atoms with Crippen molar-refractivity contribution in [2.75, 3.05) is 6.61 Å². The molecule has 8 nitrogen and oxygen atoms in total. The number of nitrogens with one attached hydrogen (secondary N) is 2. The van der Waals surface area contributed by atoms with Crippen LogP contribution in [0, 0.1) is 5.41 Å². The van der Waals surface area contributed by atoms with Crippen LogP contribution in [0.25, 0.3) is 0 Å². The number of sulfonamides is 1. The average Bonchev–Trinajstić information content (AvgIpc) is 2.87. The molecule has 1 saturated carbocycles. The van der Waals surface area contributed by atoms with Gasteiger partial charge in [-0.3, -0.25) is 5.10 Å². The number of nitrogens with zero attached hydrogens (tertiary/aromatic N) is 1. The summed E-state index contributed by atoms with van der Waals surface area (Å²) in [6.45, 7) is 6.28. The molecule has 2 unspecified atom stereocenters. The van der Waals surface area contributed by atoms with E-state index in [1.807, 2.05) is 20.8 Å². The molecule has 3 N–H and O–H groups in total. The van der Waals surface area contributed by atoms with Gasteiger partial charge in [-0.15, -0.1) is 0 Å². The lowest BCUT2D eigenvalue weighted by molar-refractivity contribution is -0.108. The van der Waals surface area contributed by atoms with Crippen LogP contribution >= 0.6 is 0 Å². The van der Waals surface area contributed by atoms with Gasteiger partial charge in [0.1, 0.15) is 5.56 Å². The summed E-state index contributed by atoms with van der Waals surface area (Å²) in [4.78, 5) is 11.0. The minimum atomic E-state index is -3.97. The van der Waals surface area contributed by atoms with E-state index in [0.717, 1.165) is 6.20 Å². The Kier molecular flexibility index (Phi) is 4.09. The number of carboxylic acid groups (broad SMARTS) is 1. The third-order valence-corrected chi connectivity index (χ3v) is 5.39. The van der Waals surface area contributed by atoms with Crippen molar-refractivity contribution in [2.24, 2.45) is 5.41 Å².